The molecule has 0 radical (unpaired) electrons. The average molecular weight is 253 g/mol. The number of hydrogen-bond donors (Lipinski definition) is 1. The third-order valence-corrected chi connectivity index (χ3v) is 3.64. The van der Waals surface area contributed by atoms with E-state index in [4.69, 9.17) is 4.98 Å². The summed E-state index contributed by atoms with van der Waals surface area (Å²) in [6, 6.07) is 8.59. The van der Waals surface area contributed by atoms with Crippen LogP contribution in [0.25, 0.3) is 11.4 Å². The zero-order valence-corrected chi connectivity index (χ0v) is 11.5. The van der Waals surface area contributed by atoms with Gasteiger partial charge in [-0.15, -0.1) is 0 Å². The van der Waals surface area contributed by atoms with Gasteiger partial charge in [-0.1, -0.05) is 38.1 Å². The summed E-state index contributed by atoms with van der Waals surface area (Å²) >= 11 is 0. The molecule has 3 rings (SSSR count). The van der Waals surface area contributed by atoms with Crippen LogP contribution in [0.1, 0.15) is 36.6 Å². The molecule has 98 valence electrons. The molecule has 0 spiro atoms. The Kier molecular flexibility index (Phi) is 3.30. The van der Waals surface area contributed by atoms with Gasteiger partial charge < -0.3 is 5.32 Å². The van der Waals surface area contributed by atoms with Crippen molar-refractivity contribution >= 4 is 0 Å². The maximum absolute atomic E-state index is 4.71. The summed E-state index contributed by atoms with van der Waals surface area (Å²) in [5.74, 6) is 1.40. The van der Waals surface area contributed by atoms with Crippen molar-refractivity contribution in [3.8, 4) is 11.4 Å². The molecule has 0 aliphatic carbocycles. The van der Waals surface area contributed by atoms with Gasteiger partial charge in [-0.2, -0.15) is 0 Å². The molecule has 3 nitrogen and oxygen atoms in total. The van der Waals surface area contributed by atoms with Gasteiger partial charge in [0.1, 0.15) is 0 Å². The van der Waals surface area contributed by atoms with E-state index in [2.05, 4.69) is 48.4 Å². The highest BCUT2D eigenvalue weighted by Gasteiger charge is 2.12. The van der Waals surface area contributed by atoms with Crippen LogP contribution in [0, 0.1) is 0 Å². The van der Waals surface area contributed by atoms with E-state index < -0.39 is 0 Å². The fraction of sp³-hybridized carbons (Fsp3) is 0.375. The number of nitrogens with one attached hydrogen (secondary N) is 1. The summed E-state index contributed by atoms with van der Waals surface area (Å²) in [6.07, 6.45) is 2.95. The van der Waals surface area contributed by atoms with E-state index in [1.54, 1.807) is 0 Å². The highest BCUT2D eigenvalue weighted by molar-refractivity contribution is 5.56. The Hall–Kier alpha value is -1.74. The van der Waals surface area contributed by atoms with E-state index in [9.17, 15) is 0 Å². The normalized spacial score (nSPS) is 14.5. The minimum atomic E-state index is 0.560. The Morgan fingerprint density at radius 2 is 1.95 bits per heavy atom. The summed E-state index contributed by atoms with van der Waals surface area (Å²) < 4.78 is 0. The lowest BCUT2D eigenvalue weighted by molar-refractivity contribution is 0.626. The molecule has 1 aromatic heterocycles. The topological polar surface area (TPSA) is 37.8 Å². The SMILES string of the molecule is CC(C)c1ccc(-c2ncc3c(n2)CCNC3)cc1. The lowest BCUT2D eigenvalue weighted by Crippen LogP contribution is -2.24. The van der Waals surface area contributed by atoms with Crippen molar-refractivity contribution in [1.82, 2.24) is 15.3 Å². The van der Waals surface area contributed by atoms with Gasteiger partial charge in [0.15, 0.2) is 5.82 Å². The Morgan fingerprint density at radius 3 is 2.68 bits per heavy atom. The van der Waals surface area contributed by atoms with E-state index >= 15 is 0 Å². The van der Waals surface area contributed by atoms with Gasteiger partial charge >= 0.3 is 0 Å². The van der Waals surface area contributed by atoms with Crippen LogP contribution in [-0.2, 0) is 13.0 Å². The first kappa shape index (κ1) is 12.3. The predicted octanol–water partition coefficient (Wildman–Crippen LogP) is 2.91. The molecule has 2 heterocycles. The second kappa shape index (κ2) is 5.10. The fourth-order valence-electron chi connectivity index (χ4n) is 2.39. The lowest BCUT2D eigenvalue weighted by Gasteiger charge is -2.16. The molecule has 0 saturated carbocycles. The van der Waals surface area contributed by atoms with Crippen molar-refractivity contribution in [3.05, 3.63) is 47.3 Å². The van der Waals surface area contributed by atoms with Gasteiger partial charge in [0.05, 0.1) is 5.69 Å². The fourth-order valence-corrected chi connectivity index (χ4v) is 2.39. The van der Waals surface area contributed by atoms with Crippen LogP contribution in [0.15, 0.2) is 30.5 Å². The zero-order valence-electron chi connectivity index (χ0n) is 11.5. The summed E-state index contributed by atoms with van der Waals surface area (Å²) in [7, 11) is 0. The van der Waals surface area contributed by atoms with Gasteiger partial charge in [0.25, 0.3) is 0 Å². The van der Waals surface area contributed by atoms with E-state index in [0.717, 1.165) is 30.9 Å². The molecule has 1 aliphatic rings. The highest BCUT2D eigenvalue weighted by Crippen LogP contribution is 2.21. The Labute approximate surface area is 114 Å². The minimum absolute atomic E-state index is 0.560. The molecule has 1 aliphatic heterocycles. The summed E-state index contributed by atoms with van der Waals surface area (Å²) in [5, 5.41) is 3.34. The molecular weight excluding hydrogens is 234 g/mol. The van der Waals surface area contributed by atoms with Crippen molar-refractivity contribution in [2.45, 2.75) is 32.7 Å². The molecule has 1 aromatic carbocycles. The summed E-state index contributed by atoms with van der Waals surface area (Å²) in [4.78, 5) is 9.19. The molecule has 0 bridgehead atoms. The van der Waals surface area contributed by atoms with Crippen LogP contribution in [0.4, 0.5) is 0 Å². The first-order chi connectivity index (χ1) is 9.24. The second-order valence-corrected chi connectivity index (χ2v) is 5.37. The van der Waals surface area contributed by atoms with E-state index in [-0.39, 0.29) is 0 Å². The lowest BCUT2D eigenvalue weighted by atomic mass is 10.0. The molecule has 0 saturated heterocycles. The molecule has 0 unspecified atom stereocenters. The molecule has 19 heavy (non-hydrogen) atoms. The van der Waals surface area contributed by atoms with Crippen LogP contribution in [-0.4, -0.2) is 16.5 Å². The minimum Gasteiger partial charge on any atom is -0.312 e. The second-order valence-electron chi connectivity index (χ2n) is 5.37. The summed E-state index contributed by atoms with van der Waals surface area (Å²) in [5.41, 5.74) is 4.88. The monoisotopic (exact) mass is 253 g/mol. The van der Waals surface area contributed by atoms with Crippen molar-refractivity contribution in [1.29, 1.82) is 0 Å². The third-order valence-electron chi connectivity index (χ3n) is 3.64. The molecule has 0 atom stereocenters. The number of aromatic nitrogens is 2. The number of hydrogen-bond acceptors (Lipinski definition) is 3. The van der Waals surface area contributed by atoms with Crippen LogP contribution in [0.3, 0.4) is 0 Å². The standard InChI is InChI=1S/C16H19N3/c1-11(2)12-3-5-13(6-4-12)16-18-10-14-9-17-8-7-15(14)19-16/h3-6,10-11,17H,7-9H2,1-2H3. The van der Waals surface area contributed by atoms with E-state index in [1.807, 2.05) is 6.20 Å². The number of nitrogens with zero attached hydrogens (tertiary/aromatic N) is 2. The van der Waals surface area contributed by atoms with Gasteiger partial charge in [0.2, 0.25) is 0 Å². The zero-order chi connectivity index (χ0) is 13.2. The molecule has 0 fully saturated rings. The van der Waals surface area contributed by atoms with Crippen molar-refractivity contribution in [3.63, 3.8) is 0 Å². The van der Waals surface area contributed by atoms with Crippen LogP contribution in [0.2, 0.25) is 0 Å². The molecule has 3 heteroatoms. The predicted molar refractivity (Wildman–Crippen MR) is 77.0 cm³/mol. The molecular formula is C16H19N3. The number of benzene rings is 1. The van der Waals surface area contributed by atoms with Gasteiger partial charge in [0, 0.05) is 36.8 Å². The van der Waals surface area contributed by atoms with Crippen molar-refractivity contribution in [2.24, 2.45) is 0 Å². The van der Waals surface area contributed by atoms with Crippen LogP contribution >= 0.6 is 0 Å². The van der Waals surface area contributed by atoms with Gasteiger partial charge in [-0.3, -0.25) is 0 Å². The number of fused-ring (bicyclic) bond motifs is 1. The molecule has 2 aromatic rings. The summed E-state index contributed by atoms with van der Waals surface area (Å²) in [6.45, 7) is 6.31. The quantitative estimate of drug-likeness (QED) is 0.894. The van der Waals surface area contributed by atoms with E-state index in [0.29, 0.717) is 5.92 Å². The number of rotatable bonds is 2. The largest absolute Gasteiger partial charge is 0.312 e. The molecule has 0 amide bonds. The Bertz CT molecular complexity index is 573. The third kappa shape index (κ3) is 2.51. The molecule has 1 N–H and O–H groups in total. The maximum Gasteiger partial charge on any atom is 0.159 e. The van der Waals surface area contributed by atoms with Crippen LogP contribution < -0.4 is 5.32 Å². The van der Waals surface area contributed by atoms with Crippen LogP contribution in [0.5, 0.6) is 0 Å². The maximum atomic E-state index is 4.71. The van der Waals surface area contributed by atoms with Crippen molar-refractivity contribution in [2.75, 3.05) is 6.54 Å². The van der Waals surface area contributed by atoms with Gasteiger partial charge in [-0.05, 0) is 11.5 Å². The van der Waals surface area contributed by atoms with E-state index in [1.165, 1.54) is 16.8 Å². The highest BCUT2D eigenvalue weighted by atomic mass is 14.9. The smallest absolute Gasteiger partial charge is 0.159 e. The van der Waals surface area contributed by atoms with Crippen molar-refractivity contribution < 1.29 is 0 Å². The Morgan fingerprint density at radius 1 is 1.16 bits per heavy atom. The van der Waals surface area contributed by atoms with Gasteiger partial charge in [-0.25, -0.2) is 9.97 Å². The first-order valence-corrected chi connectivity index (χ1v) is 6.90. The average Bonchev–Trinajstić information content (AvgIpc) is 2.47. The Balaban J connectivity index is 1.93. The first-order valence-electron chi connectivity index (χ1n) is 6.90.